The van der Waals surface area contributed by atoms with Gasteiger partial charge in [0.1, 0.15) is 0 Å². The minimum Gasteiger partial charge on any atom is -0.353 e. The summed E-state index contributed by atoms with van der Waals surface area (Å²) in [4.78, 5) is 6.01. The van der Waals surface area contributed by atoms with Crippen LogP contribution in [0.1, 0.15) is 5.56 Å². The Morgan fingerprint density at radius 2 is 2.38 bits per heavy atom. The van der Waals surface area contributed by atoms with Gasteiger partial charge in [0, 0.05) is 11.9 Å². The number of fused-ring (bicyclic) bond motifs is 1. The maximum atomic E-state index is 4.28. The molecule has 1 aliphatic rings. The van der Waals surface area contributed by atoms with E-state index in [1.165, 1.54) is 5.56 Å². The van der Waals surface area contributed by atoms with Crippen LogP contribution in [0, 0.1) is 6.92 Å². The quantitative estimate of drug-likeness (QED) is 0.741. The Morgan fingerprint density at radius 3 is 3.19 bits per heavy atom. The lowest BCUT2D eigenvalue weighted by molar-refractivity contribution is 0.831. The van der Waals surface area contributed by atoms with Crippen molar-refractivity contribution >= 4 is 16.9 Å². The molecule has 0 fully saturated rings. The lowest BCUT2D eigenvalue weighted by atomic mass is 10.2. The number of guanidine groups is 1. The van der Waals surface area contributed by atoms with Gasteiger partial charge in [-0.3, -0.25) is 0 Å². The Kier molecular flexibility index (Phi) is 2.02. The zero-order chi connectivity index (χ0) is 11.0. The second-order valence-electron chi connectivity index (χ2n) is 3.89. The number of rotatable bonds is 1. The molecule has 0 saturated carbocycles. The van der Waals surface area contributed by atoms with Gasteiger partial charge < -0.3 is 5.32 Å². The number of aliphatic imine (C=N–C) groups is 1. The number of aromatic nitrogens is 2. The molecule has 82 valence electrons. The first-order valence-corrected chi connectivity index (χ1v) is 5.33. The van der Waals surface area contributed by atoms with Crippen LogP contribution in [0.4, 0.5) is 0 Å². The van der Waals surface area contributed by atoms with Crippen molar-refractivity contribution in [3.8, 4) is 0 Å². The molecular weight excluding hydrogens is 202 g/mol. The minimum absolute atomic E-state index is 0.783. The van der Waals surface area contributed by atoms with Crippen molar-refractivity contribution < 1.29 is 0 Å². The fourth-order valence-corrected chi connectivity index (χ4v) is 1.81. The van der Waals surface area contributed by atoms with Gasteiger partial charge in [-0.1, -0.05) is 11.6 Å². The van der Waals surface area contributed by atoms with E-state index in [2.05, 4.69) is 46.0 Å². The minimum atomic E-state index is 0.783. The van der Waals surface area contributed by atoms with Gasteiger partial charge in [0.15, 0.2) is 0 Å². The first kappa shape index (κ1) is 9.21. The van der Waals surface area contributed by atoms with E-state index >= 15 is 0 Å². The smallest absolute Gasteiger partial charge is 0.212 e. The molecule has 5 heteroatoms. The van der Waals surface area contributed by atoms with Crippen molar-refractivity contribution in [2.24, 2.45) is 4.99 Å². The number of nitrogens with zero attached hydrogens (tertiary/aromatic N) is 3. The van der Waals surface area contributed by atoms with E-state index in [-0.39, 0.29) is 0 Å². The SMILES string of the molecule is Cc1ccc2c(cnn2NC2=NCCN2)c1. The standard InChI is InChI=1S/C11H13N5/c1-8-2-3-10-9(6-8)7-14-16(10)15-11-12-4-5-13-11/h2-3,6-7H,4-5H2,1H3,(H2,12,13,15). The van der Waals surface area contributed by atoms with Crippen molar-refractivity contribution in [2.75, 3.05) is 18.5 Å². The second-order valence-corrected chi connectivity index (χ2v) is 3.89. The molecule has 0 atom stereocenters. The predicted molar refractivity (Wildman–Crippen MR) is 64.1 cm³/mol. The maximum absolute atomic E-state index is 4.28. The summed E-state index contributed by atoms with van der Waals surface area (Å²) in [6, 6.07) is 6.25. The van der Waals surface area contributed by atoms with Crippen molar-refractivity contribution in [3.63, 3.8) is 0 Å². The highest BCUT2D eigenvalue weighted by atomic mass is 15.6. The lowest BCUT2D eigenvalue weighted by Gasteiger charge is -2.07. The van der Waals surface area contributed by atoms with E-state index in [0.717, 1.165) is 30.0 Å². The van der Waals surface area contributed by atoms with Gasteiger partial charge in [-0.05, 0) is 19.1 Å². The molecule has 0 spiro atoms. The van der Waals surface area contributed by atoms with Crippen molar-refractivity contribution in [3.05, 3.63) is 30.0 Å². The van der Waals surface area contributed by atoms with Gasteiger partial charge >= 0.3 is 0 Å². The largest absolute Gasteiger partial charge is 0.353 e. The summed E-state index contributed by atoms with van der Waals surface area (Å²) in [6.07, 6.45) is 1.85. The first-order valence-electron chi connectivity index (χ1n) is 5.33. The molecular formula is C11H13N5. The van der Waals surface area contributed by atoms with Crippen LogP contribution in [0.3, 0.4) is 0 Å². The van der Waals surface area contributed by atoms with Gasteiger partial charge in [-0.25, -0.2) is 10.4 Å². The average molecular weight is 215 g/mol. The number of benzene rings is 1. The Hall–Kier alpha value is -2.04. The molecule has 1 aromatic heterocycles. The lowest BCUT2D eigenvalue weighted by Crippen LogP contribution is -2.32. The summed E-state index contributed by atoms with van der Waals surface area (Å²) in [5.74, 6) is 0.783. The number of hydrogen-bond donors (Lipinski definition) is 2. The molecule has 0 radical (unpaired) electrons. The van der Waals surface area contributed by atoms with Crippen molar-refractivity contribution in [1.82, 2.24) is 15.2 Å². The third-order valence-corrected chi connectivity index (χ3v) is 2.61. The van der Waals surface area contributed by atoms with E-state index in [1.54, 1.807) is 4.79 Å². The zero-order valence-corrected chi connectivity index (χ0v) is 9.07. The van der Waals surface area contributed by atoms with E-state index in [9.17, 15) is 0 Å². The summed E-state index contributed by atoms with van der Waals surface area (Å²) in [5, 5.41) is 8.56. The van der Waals surface area contributed by atoms with E-state index < -0.39 is 0 Å². The van der Waals surface area contributed by atoms with Gasteiger partial charge in [-0.2, -0.15) is 9.89 Å². The Bertz CT molecular complexity index is 555. The van der Waals surface area contributed by atoms with Crippen LogP contribution >= 0.6 is 0 Å². The number of hydrogen-bond acceptors (Lipinski definition) is 4. The summed E-state index contributed by atoms with van der Waals surface area (Å²) in [5.41, 5.74) is 5.42. The second kappa shape index (κ2) is 3.52. The molecule has 0 saturated heterocycles. The number of nitrogens with one attached hydrogen (secondary N) is 2. The average Bonchev–Trinajstić information content (AvgIpc) is 2.89. The maximum Gasteiger partial charge on any atom is 0.212 e. The predicted octanol–water partition coefficient (Wildman–Crippen LogP) is 0.847. The summed E-state index contributed by atoms with van der Waals surface area (Å²) < 4.78 is 0. The molecule has 0 amide bonds. The molecule has 0 aliphatic carbocycles. The fourth-order valence-electron chi connectivity index (χ4n) is 1.81. The molecule has 0 bridgehead atoms. The molecule has 2 aromatic rings. The van der Waals surface area contributed by atoms with E-state index in [0.29, 0.717) is 0 Å². The van der Waals surface area contributed by atoms with Crippen LogP contribution in [0.2, 0.25) is 0 Å². The van der Waals surface area contributed by atoms with Gasteiger partial charge in [0.25, 0.3) is 0 Å². The first-order chi connectivity index (χ1) is 7.83. The third kappa shape index (κ3) is 1.50. The molecule has 2 heterocycles. The summed E-state index contributed by atoms with van der Waals surface area (Å²) in [7, 11) is 0. The van der Waals surface area contributed by atoms with Crippen molar-refractivity contribution in [2.45, 2.75) is 6.92 Å². The Morgan fingerprint density at radius 1 is 1.44 bits per heavy atom. The van der Waals surface area contributed by atoms with Crippen LogP contribution in [0.5, 0.6) is 0 Å². The van der Waals surface area contributed by atoms with Crippen LogP contribution in [0.25, 0.3) is 10.9 Å². The van der Waals surface area contributed by atoms with E-state index in [4.69, 9.17) is 0 Å². The highest BCUT2D eigenvalue weighted by Crippen LogP contribution is 2.14. The summed E-state index contributed by atoms with van der Waals surface area (Å²) >= 11 is 0. The topological polar surface area (TPSA) is 54.2 Å². The van der Waals surface area contributed by atoms with Crippen molar-refractivity contribution in [1.29, 1.82) is 0 Å². The zero-order valence-electron chi connectivity index (χ0n) is 9.07. The highest BCUT2D eigenvalue weighted by Gasteiger charge is 2.07. The fraction of sp³-hybridized carbons (Fsp3) is 0.273. The molecule has 1 aromatic carbocycles. The van der Waals surface area contributed by atoms with Crippen LogP contribution in [-0.4, -0.2) is 28.9 Å². The third-order valence-electron chi connectivity index (χ3n) is 2.61. The normalized spacial score (nSPS) is 14.9. The Balaban J connectivity index is 1.97. The highest BCUT2D eigenvalue weighted by molar-refractivity contribution is 5.90. The van der Waals surface area contributed by atoms with Crippen LogP contribution in [0.15, 0.2) is 29.4 Å². The van der Waals surface area contributed by atoms with Crippen LogP contribution in [-0.2, 0) is 0 Å². The molecule has 1 aliphatic heterocycles. The van der Waals surface area contributed by atoms with E-state index in [1.807, 2.05) is 6.20 Å². The molecule has 2 N–H and O–H groups in total. The Labute approximate surface area is 93.1 Å². The van der Waals surface area contributed by atoms with Gasteiger partial charge in [-0.15, -0.1) is 0 Å². The molecule has 16 heavy (non-hydrogen) atoms. The molecule has 0 unspecified atom stereocenters. The molecule has 3 rings (SSSR count). The monoisotopic (exact) mass is 215 g/mol. The summed E-state index contributed by atoms with van der Waals surface area (Å²) in [6.45, 7) is 3.79. The van der Waals surface area contributed by atoms with Gasteiger partial charge in [0.05, 0.1) is 18.3 Å². The number of aryl methyl sites for hydroxylation is 1. The van der Waals surface area contributed by atoms with Gasteiger partial charge in [0.2, 0.25) is 5.96 Å². The molecule has 5 nitrogen and oxygen atoms in total. The van der Waals surface area contributed by atoms with Crippen LogP contribution < -0.4 is 10.7 Å².